The van der Waals surface area contributed by atoms with Crippen LogP contribution in [0.3, 0.4) is 0 Å². The third-order valence-electron chi connectivity index (χ3n) is 2.54. The van der Waals surface area contributed by atoms with Gasteiger partial charge < -0.3 is 0 Å². The molecule has 6 nitrogen and oxygen atoms in total. The first-order chi connectivity index (χ1) is 7.58. The second-order valence-corrected chi connectivity index (χ2v) is 3.67. The van der Waals surface area contributed by atoms with E-state index in [0.29, 0.717) is 12.8 Å². The highest BCUT2D eigenvalue weighted by Crippen LogP contribution is 2.22. The highest BCUT2D eigenvalue weighted by atomic mass is 16.6. The van der Waals surface area contributed by atoms with E-state index in [-0.39, 0.29) is 16.2 Å². The monoisotopic (exact) mass is 221 g/mol. The molecule has 1 aliphatic rings. The number of aromatic amines is 1. The first-order valence-electron chi connectivity index (χ1n) is 4.91. The molecule has 1 N–H and O–H groups in total. The van der Waals surface area contributed by atoms with Crippen LogP contribution in [0.4, 0.5) is 0 Å². The lowest BCUT2D eigenvalue weighted by atomic mass is 10.1. The molecule has 1 heterocycles. The Balaban J connectivity index is 2.35. The summed E-state index contributed by atoms with van der Waals surface area (Å²) >= 11 is 0. The summed E-state index contributed by atoms with van der Waals surface area (Å²) < 4.78 is 1.66. The molecule has 0 aliphatic heterocycles. The van der Waals surface area contributed by atoms with Gasteiger partial charge in [0.2, 0.25) is 5.70 Å². The Bertz CT molecular complexity index is 548. The molecule has 84 valence electrons. The molecule has 1 aliphatic carbocycles. The number of nitro groups is 1. The number of nitrogens with one attached hydrogen (secondary N) is 1. The number of aryl methyl sites for hydroxylation is 1. The van der Waals surface area contributed by atoms with Crippen LogP contribution in [0.2, 0.25) is 0 Å². The van der Waals surface area contributed by atoms with Crippen molar-refractivity contribution in [2.24, 2.45) is 0 Å². The molecule has 0 fully saturated rings. The van der Waals surface area contributed by atoms with E-state index < -0.39 is 0 Å². The zero-order valence-electron chi connectivity index (χ0n) is 8.77. The standard InChI is InChI=1S/C10H11N3O3/c1-7-6-10(14)11-12(7)8-2-4-9(5-3-8)13(15)16/h2,4,6H,3,5H2,1H3,(H,11,14). The van der Waals surface area contributed by atoms with Gasteiger partial charge in [-0.2, -0.15) is 0 Å². The maximum Gasteiger partial charge on any atom is 0.264 e. The Morgan fingerprint density at radius 2 is 2.19 bits per heavy atom. The zero-order valence-corrected chi connectivity index (χ0v) is 8.77. The number of allylic oxidation sites excluding steroid dienone is 4. The van der Waals surface area contributed by atoms with Gasteiger partial charge in [-0.15, -0.1) is 0 Å². The summed E-state index contributed by atoms with van der Waals surface area (Å²) in [6, 6.07) is 1.49. The Kier molecular flexibility index (Phi) is 2.47. The van der Waals surface area contributed by atoms with Crippen LogP contribution in [-0.4, -0.2) is 14.7 Å². The first-order valence-corrected chi connectivity index (χ1v) is 4.91. The molecule has 0 unspecified atom stereocenters. The highest BCUT2D eigenvalue weighted by molar-refractivity contribution is 5.50. The molecule has 0 spiro atoms. The summed E-state index contributed by atoms with van der Waals surface area (Å²) in [6.07, 6.45) is 4.10. The Labute approximate surface area is 91.0 Å². The van der Waals surface area contributed by atoms with Gasteiger partial charge in [0.25, 0.3) is 5.56 Å². The number of hydrogen-bond donors (Lipinski definition) is 1. The fourth-order valence-corrected chi connectivity index (χ4v) is 1.74. The van der Waals surface area contributed by atoms with Crippen LogP contribution in [0.25, 0.3) is 5.70 Å². The number of rotatable bonds is 2. The molecule has 0 atom stereocenters. The molecule has 1 aromatic rings. The average Bonchev–Trinajstić information content (AvgIpc) is 2.58. The molecular weight excluding hydrogens is 210 g/mol. The van der Waals surface area contributed by atoms with Gasteiger partial charge in [0.05, 0.1) is 4.92 Å². The summed E-state index contributed by atoms with van der Waals surface area (Å²) in [4.78, 5) is 21.2. The summed E-state index contributed by atoms with van der Waals surface area (Å²) in [5.74, 6) is 0. The van der Waals surface area contributed by atoms with Gasteiger partial charge >= 0.3 is 0 Å². The largest absolute Gasteiger partial charge is 0.268 e. The minimum Gasteiger partial charge on any atom is -0.268 e. The van der Waals surface area contributed by atoms with Crippen LogP contribution in [0, 0.1) is 17.0 Å². The molecule has 0 radical (unpaired) electrons. The van der Waals surface area contributed by atoms with Crippen molar-refractivity contribution >= 4 is 5.70 Å². The minimum atomic E-state index is -0.376. The normalized spacial score (nSPS) is 15.6. The van der Waals surface area contributed by atoms with Gasteiger partial charge in [-0.1, -0.05) is 0 Å². The van der Waals surface area contributed by atoms with E-state index >= 15 is 0 Å². The van der Waals surface area contributed by atoms with Gasteiger partial charge in [0.15, 0.2) is 0 Å². The second-order valence-electron chi connectivity index (χ2n) is 3.67. The smallest absolute Gasteiger partial charge is 0.264 e. The quantitative estimate of drug-likeness (QED) is 0.603. The Morgan fingerprint density at radius 3 is 2.62 bits per heavy atom. The molecule has 0 saturated carbocycles. The maximum atomic E-state index is 11.1. The molecular formula is C10H11N3O3. The SMILES string of the molecule is Cc1cc(=O)[nH]n1C1=CC=C([N+](=O)[O-])CC1. The van der Waals surface area contributed by atoms with Crippen LogP contribution >= 0.6 is 0 Å². The average molecular weight is 221 g/mol. The summed E-state index contributed by atoms with van der Waals surface area (Å²) in [7, 11) is 0. The van der Waals surface area contributed by atoms with Crippen molar-refractivity contribution in [2.45, 2.75) is 19.8 Å². The molecule has 0 amide bonds. The lowest BCUT2D eigenvalue weighted by Crippen LogP contribution is -2.10. The van der Waals surface area contributed by atoms with Gasteiger partial charge in [-0.05, 0) is 19.4 Å². The summed E-state index contributed by atoms with van der Waals surface area (Å²) in [5, 5.41) is 13.2. The molecule has 1 aromatic heterocycles. The number of hydrogen-bond acceptors (Lipinski definition) is 3. The molecule has 16 heavy (non-hydrogen) atoms. The lowest BCUT2D eigenvalue weighted by Gasteiger charge is -2.12. The van der Waals surface area contributed by atoms with E-state index in [1.807, 2.05) is 6.92 Å². The van der Waals surface area contributed by atoms with Crippen LogP contribution in [0.1, 0.15) is 18.5 Å². The summed E-state index contributed by atoms with van der Waals surface area (Å²) in [5.41, 5.74) is 1.71. The van der Waals surface area contributed by atoms with E-state index in [2.05, 4.69) is 5.10 Å². The fourth-order valence-electron chi connectivity index (χ4n) is 1.74. The van der Waals surface area contributed by atoms with Crippen molar-refractivity contribution in [3.8, 4) is 0 Å². The molecule has 0 aromatic carbocycles. The van der Waals surface area contributed by atoms with E-state index in [1.54, 1.807) is 10.8 Å². The second kappa shape index (κ2) is 3.80. The van der Waals surface area contributed by atoms with E-state index in [9.17, 15) is 14.9 Å². The van der Waals surface area contributed by atoms with Gasteiger partial charge in [-0.3, -0.25) is 24.7 Å². The number of H-pyrrole nitrogens is 1. The van der Waals surface area contributed by atoms with E-state index in [1.165, 1.54) is 12.1 Å². The Hall–Kier alpha value is -2.11. The van der Waals surface area contributed by atoms with Crippen molar-refractivity contribution in [2.75, 3.05) is 0 Å². The van der Waals surface area contributed by atoms with Crippen molar-refractivity contribution in [1.29, 1.82) is 0 Å². The highest BCUT2D eigenvalue weighted by Gasteiger charge is 2.16. The number of nitrogens with zero attached hydrogens (tertiary/aromatic N) is 2. The zero-order chi connectivity index (χ0) is 11.7. The van der Waals surface area contributed by atoms with Gasteiger partial charge in [-0.25, -0.2) is 0 Å². The topological polar surface area (TPSA) is 80.9 Å². The van der Waals surface area contributed by atoms with Crippen molar-refractivity contribution in [3.63, 3.8) is 0 Å². The van der Waals surface area contributed by atoms with Crippen LogP contribution in [-0.2, 0) is 0 Å². The molecule has 2 rings (SSSR count). The predicted octanol–water partition coefficient (Wildman–Crippen LogP) is 1.28. The van der Waals surface area contributed by atoms with Crippen LogP contribution < -0.4 is 5.56 Å². The van der Waals surface area contributed by atoms with Crippen molar-refractivity contribution < 1.29 is 4.92 Å². The van der Waals surface area contributed by atoms with Crippen molar-refractivity contribution in [3.05, 3.63) is 50.1 Å². The minimum absolute atomic E-state index is 0.164. The molecule has 0 saturated heterocycles. The molecule has 0 bridgehead atoms. The summed E-state index contributed by atoms with van der Waals surface area (Å²) in [6.45, 7) is 1.81. The maximum absolute atomic E-state index is 11.1. The third kappa shape index (κ3) is 1.81. The number of aromatic nitrogens is 2. The molecule has 6 heteroatoms. The Morgan fingerprint density at radius 1 is 1.44 bits per heavy atom. The fraction of sp³-hybridized carbons (Fsp3) is 0.300. The van der Waals surface area contributed by atoms with E-state index in [0.717, 1.165) is 11.4 Å². The van der Waals surface area contributed by atoms with Crippen LogP contribution in [0.15, 0.2) is 28.7 Å². The lowest BCUT2D eigenvalue weighted by molar-refractivity contribution is -0.428. The third-order valence-corrected chi connectivity index (χ3v) is 2.54. The first kappa shape index (κ1) is 10.4. The van der Waals surface area contributed by atoms with Crippen molar-refractivity contribution in [1.82, 2.24) is 9.78 Å². The van der Waals surface area contributed by atoms with Gasteiger partial charge in [0, 0.05) is 30.0 Å². The van der Waals surface area contributed by atoms with Gasteiger partial charge in [0.1, 0.15) is 0 Å². The van der Waals surface area contributed by atoms with Crippen LogP contribution in [0.5, 0.6) is 0 Å². The van der Waals surface area contributed by atoms with E-state index in [4.69, 9.17) is 0 Å². The predicted molar refractivity (Wildman–Crippen MR) is 58.4 cm³/mol.